The van der Waals surface area contributed by atoms with Gasteiger partial charge in [0.15, 0.2) is 11.6 Å². The van der Waals surface area contributed by atoms with Crippen LogP contribution < -0.4 is 0 Å². The van der Waals surface area contributed by atoms with Gasteiger partial charge < -0.3 is 0 Å². The van der Waals surface area contributed by atoms with Gasteiger partial charge in [0.05, 0.1) is 0 Å². The van der Waals surface area contributed by atoms with Crippen molar-refractivity contribution in [3.8, 4) is 12.8 Å². The first-order chi connectivity index (χ1) is 19.2. The van der Waals surface area contributed by atoms with Crippen LogP contribution in [0.15, 0.2) is 48.6 Å². The molecule has 0 fully saturated rings. The first-order valence-corrected chi connectivity index (χ1v) is 14.7. The van der Waals surface area contributed by atoms with Gasteiger partial charge in [0.25, 0.3) is 0 Å². The highest BCUT2D eigenvalue weighted by atomic mass is 16.1. The first-order valence-electron chi connectivity index (χ1n) is 14.7. The number of ketones is 3. The zero-order valence-corrected chi connectivity index (χ0v) is 27.1. The highest BCUT2D eigenvalue weighted by Gasteiger charge is 2.10. The number of allylic oxidation sites excluding steroid dienone is 3. The molecule has 0 amide bonds. The van der Waals surface area contributed by atoms with E-state index >= 15 is 0 Å². The van der Waals surface area contributed by atoms with Crippen LogP contribution in [0, 0.1) is 33.6 Å². The van der Waals surface area contributed by atoms with Crippen LogP contribution in [0.5, 0.6) is 0 Å². The van der Waals surface area contributed by atoms with Crippen molar-refractivity contribution >= 4 is 23.4 Å². The number of hydrogen-bond donors (Lipinski definition) is 0. The zero-order valence-electron chi connectivity index (χ0n) is 27.1. The zero-order chi connectivity index (χ0) is 31.7. The Morgan fingerprint density at radius 2 is 1.32 bits per heavy atom. The van der Waals surface area contributed by atoms with Gasteiger partial charge in [0, 0.05) is 24.8 Å². The van der Waals surface area contributed by atoms with E-state index in [1.54, 1.807) is 18.2 Å². The highest BCUT2D eigenvalue weighted by Crippen LogP contribution is 2.19. The van der Waals surface area contributed by atoms with Crippen molar-refractivity contribution in [2.24, 2.45) is 0 Å². The molecular formula is C37H54O3. The minimum Gasteiger partial charge on any atom is -0.299 e. The maximum atomic E-state index is 12.7. The summed E-state index contributed by atoms with van der Waals surface area (Å²) in [4.78, 5) is 36.7. The molecule has 2 aromatic rings. The van der Waals surface area contributed by atoms with Crippen LogP contribution in [-0.4, -0.2) is 17.3 Å². The molecule has 0 N–H and O–H groups in total. The highest BCUT2D eigenvalue weighted by molar-refractivity contribution is 6.07. The molecule has 0 aliphatic carbocycles. The topological polar surface area (TPSA) is 51.2 Å². The molecule has 0 aliphatic rings. The summed E-state index contributed by atoms with van der Waals surface area (Å²) in [5.74, 6) is 0.167. The summed E-state index contributed by atoms with van der Waals surface area (Å²) >= 11 is 0. The molecule has 0 saturated carbocycles. The summed E-state index contributed by atoms with van der Waals surface area (Å²) in [7, 11) is 0. The average Bonchev–Trinajstić information content (AvgIpc) is 2.98. The summed E-state index contributed by atoms with van der Waals surface area (Å²) in [6.45, 7) is 22.0. The molecule has 0 radical (unpaired) electrons. The van der Waals surface area contributed by atoms with Crippen LogP contribution in [0.3, 0.4) is 0 Å². The fourth-order valence-electron chi connectivity index (χ4n) is 3.73. The molecule has 0 heterocycles. The quantitative estimate of drug-likeness (QED) is 0.160. The Bertz CT molecular complexity index is 1070. The van der Waals surface area contributed by atoms with Crippen LogP contribution in [0.2, 0.25) is 0 Å². The Morgan fingerprint density at radius 3 is 1.82 bits per heavy atom. The van der Waals surface area contributed by atoms with Gasteiger partial charge in [-0.3, -0.25) is 14.4 Å². The molecule has 3 nitrogen and oxygen atoms in total. The molecule has 0 atom stereocenters. The molecular weight excluding hydrogens is 492 g/mol. The fourth-order valence-corrected chi connectivity index (χ4v) is 3.73. The molecule has 0 spiro atoms. The smallest absolute Gasteiger partial charge is 0.185 e. The molecule has 220 valence electrons. The SMILES string of the molecule is C#C.C/C=C/C(=O)CCCC(=O)Cc1cc(/C=C/C(=O)c2cc(C)c(C)c(C)c2)ccc1CC.CC.CC.CC. The number of carbonyl (C=O) groups excluding carboxylic acids is 3. The maximum absolute atomic E-state index is 12.7. The Hall–Kier alpha value is -3.51. The molecule has 0 unspecified atom stereocenters. The van der Waals surface area contributed by atoms with Gasteiger partial charge in [-0.15, -0.1) is 12.8 Å². The largest absolute Gasteiger partial charge is 0.299 e. The van der Waals surface area contributed by atoms with Gasteiger partial charge in [0.2, 0.25) is 0 Å². The van der Waals surface area contributed by atoms with E-state index in [1.807, 2.05) is 98.7 Å². The van der Waals surface area contributed by atoms with Crippen molar-refractivity contribution in [1.29, 1.82) is 0 Å². The molecule has 0 aliphatic heterocycles. The molecule has 0 bridgehead atoms. The number of rotatable bonds is 11. The van der Waals surface area contributed by atoms with E-state index in [0.717, 1.165) is 34.2 Å². The third kappa shape index (κ3) is 15.8. The maximum Gasteiger partial charge on any atom is 0.185 e. The van der Waals surface area contributed by atoms with E-state index < -0.39 is 0 Å². The summed E-state index contributed by atoms with van der Waals surface area (Å²) in [6, 6.07) is 9.87. The predicted molar refractivity (Wildman–Crippen MR) is 176 cm³/mol. The van der Waals surface area contributed by atoms with Gasteiger partial charge in [-0.25, -0.2) is 0 Å². The lowest BCUT2D eigenvalue weighted by molar-refractivity contribution is -0.118. The molecule has 40 heavy (non-hydrogen) atoms. The van der Waals surface area contributed by atoms with E-state index in [1.165, 1.54) is 5.56 Å². The normalized spacial score (nSPS) is 9.62. The standard InChI is InChI=1S/C29H34O3.3C2H6.C2H2/c1-6-9-27(30)10-8-11-28(31)19-25-18-23(12-14-24(25)7-2)13-15-29(32)26-16-20(3)22(5)21(4)17-26;4*1-2/h6,9,12-18H,7-8,10-11,19H2,1-5H3;3*1-2H3;1-2H/b9-6+,15-13+;;;;. The van der Waals surface area contributed by atoms with Crippen LogP contribution >= 0.6 is 0 Å². The summed E-state index contributed by atoms with van der Waals surface area (Å²) in [5, 5.41) is 0. The summed E-state index contributed by atoms with van der Waals surface area (Å²) < 4.78 is 0. The number of terminal acetylenes is 1. The monoisotopic (exact) mass is 546 g/mol. The van der Waals surface area contributed by atoms with E-state index in [-0.39, 0.29) is 17.3 Å². The lowest BCUT2D eigenvalue weighted by atomic mass is 9.95. The van der Waals surface area contributed by atoms with E-state index in [0.29, 0.717) is 31.2 Å². The second kappa shape index (κ2) is 25.8. The van der Waals surface area contributed by atoms with Crippen molar-refractivity contribution in [3.05, 3.63) is 87.5 Å². The number of carbonyl (C=O) groups is 3. The number of benzene rings is 2. The Balaban J connectivity index is -0.00000157. The van der Waals surface area contributed by atoms with Crippen LogP contribution in [0.4, 0.5) is 0 Å². The van der Waals surface area contributed by atoms with Crippen molar-refractivity contribution in [3.63, 3.8) is 0 Å². The van der Waals surface area contributed by atoms with Crippen molar-refractivity contribution in [2.75, 3.05) is 0 Å². The lowest BCUT2D eigenvalue weighted by Crippen LogP contribution is -2.06. The average molecular weight is 547 g/mol. The van der Waals surface area contributed by atoms with Crippen LogP contribution in [0.25, 0.3) is 6.08 Å². The van der Waals surface area contributed by atoms with Gasteiger partial charge in [-0.05, 0) is 98.2 Å². The first kappa shape index (κ1) is 41.0. The van der Waals surface area contributed by atoms with Crippen LogP contribution in [0.1, 0.15) is 118 Å². The fraction of sp³-hybridized carbons (Fsp3) is 0.432. The van der Waals surface area contributed by atoms with E-state index in [9.17, 15) is 14.4 Å². The van der Waals surface area contributed by atoms with Gasteiger partial charge in [-0.2, -0.15) is 0 Å². The van der Waals surface area contributed by atoms with Gasteiger partial charge in [-0.1, -0.05) is 78.8 Å². The number of Topliss-reactive ketones (excluding diaryl/α,β-unsaturated/α-hetero) is 1. The van der Waals surface area contributed by atoms with Crippen molar-refractivity contribution < 1.29 is 14.4 Å². The third-order valence-electron chi connectivity index (χ3n) is 5.87. The molecule has 2 rings (SSSR count). The molecule has 0 aromatic heterocycles. The van der Waals surface area contributed by atoms with E-state index in [4.69, 9.17) is 0 Å². The molecule has 2 aromatic carbocycles. The number of aryl methyl sites for hydroxylation is 3. The Labute approximate surface area is 246 Å². The minimum absolute atomic E-state index is 0.0285. The van der Waals surface area contributed by atoms with Crippen molar-refractivity contribution in [2.45, 2.75) is 108 Å². The second-order valence-corrected chi connectivity index (χ2v) is 8.35. The van der Waals surface area contributed by atoms with Crippen molar-refractivity contribution in [1.82, 2.24) is 0 Å². The minimum atomic E-state index is -0.0285. The van der Waals surface area contributed by atoms with Crippen LogP contribution in [-0.2, 0) is 22.4 Å². The Kier molecular flexibility index (Phi) is 26.4. The Morgan fingerprint density at radius 1 is 0.775 bits per heavy atom. The van der Waals surface area contributed by atoms with E-state index in [2.05, 4.69) is 26.7 Å². The molecule has 3 heteroatoms. The summed E-state index contributed by atoms with van der Waals surface area (Å²) in [5.41, 5.74) is 7.16. The lowest BCUT2D eigenvalue weighted by Gasteiger charge is -2.09. The summed E-state index contributed by atoms with van der Waals surface area (Å²) in [6.07, 6.45) is 17.3. The third-order valence-corrected chi connectivity index (χ3v) is 5.87. The predicted octanol–water partition coefficient (Wildman–Crippen LogP) is 9.83. The van der Waals surface area contributed by atoms with Gasteiger partial charge in [0.1, 0.15) is 5.78 Å². The molecule has 0 saturated heterocycles. The second-order valence-electron chi connectivity index (χ2n) is 8.35. The van der Waals surface area contributed by atoms with Gasteiger partial charge >= 0.3 is 0 Å². The number of hydrogen-bond acceptors (Lipinski definition) is 3.